The van der Waals surface area contributed by atoms with Gasteiger partial charge in [-0.2, -0.15) is 0 Å². The molecule has 0 fully saturated rings. The van der Waals surface area contributed by atoms with Gasteiger partial charge < -0.3 is 9.47 Å². The molecule has 0 aromatic heterocycles. The highest BCUT2D eigenvalue weighted by Gasteiger charge is 2.28. The molecule has 1 aliphatic heterocycles. The third kappa shape index (κ3) is 3.57. The fourth-order valence-corrected chi connectivity index (χ4v) is 3.00. The minimum atomic E-state index is -0.519. The molecule has 3 aromatic carbocycles. The first-order chi connectivity index (χ1) is 13.1. The molecule has 0 bridgehead atoms. The number of fused-ring (bicyclic) bond motifs is 1. The second-order valence-corrected chi connectivity index (χ2v) is 6.41. The predicted molar refractivity (Wildman–Crippen MR) is 102 cm³/mol. The lowest BCUT2D eigenvalue weighted by molar-refractivity contribution is 0.101. The van der Waals surface area contributed by atoms with E-state index in [1.807, 2.05) is 30.3 Å². The number of hydrogen-bond donors (Lipinski definition) is 0. The Labute approximate surface area is 160 Å². The van der Waals surface area contributed by atoms with Gasteiger partial charge in [-0.15, -0.1) is 0 Å². The number of ether oxygens (including phenoxy) is 2. The summed E-state index contributed by atoms with van der Waals surface area (Å²) in [5.41, 5.74) is 1.56. The maximum Gasteiger partial charge on any atom is 0.231 e. The summed E-state index contributed by atoms with van der Waals surface area (Å²) in [6, 6.07) is 19.1. The molecule has 0 saturated carbocycles. The smallest absolute Gasteiger partial charge is 0.231 e. The van der Waals surface area contributed by atoms with Crippen LogP contribution in [0.3, 0.4) is 0 Å². The van der Waals surface area contributed by atoms with Gasteiger partial charge in [-0.25, -0.2) is 4.39 Å². The molecule has 0 unspecified atom stereocenters. The van der Waals surface area contributed by atoms with Crippen LogP contribution in [0.1, 0.15) is 21.5 Å². The highest BCUT2D eigenvalue weighted by Crippen LogP contribution is 2.36. The van der Waals surface area contributed by atoms with Gasteiger partial charge in [-0.3, -0.25) is 4.79 Å². The third-order valence-electron chi connectivity index (χ3n) is 4.16. The first-order valence-corrected chi connectivity index (χ1v) is 8.68. The van der Waals surface area contributed by atoms with Gasteiger partial charge in [-0.1, -0.05) is 48.0 Å². The fraction of sp³-hybridized carbons (Fsp3) is 0.0455. The Morgan fingerprint density at radius 1 is 1.04 bits per heavy atom. The molecule has 0 N–H and O–H groups in total. The molecule has 1 aliphatic rings. The molecule has 3 aromatic rings. The molecule has 0 radical (unpaired) electrons. The lowest BCUT2D eigenvalue weighted by atomic mass is 10.1. The zero-order valence-corrected chi connectivity index (χ0v) is 14.9. The summed E-state index contributed by atoms with van der Waals surface area (Å²) in [6.45, 7) is 0.404. The number of halogens is 2. The van der Waals surface area contributed by atoms with E-state index in [0.717, 1.165) is 5.56 Å². The van der Waals surface area contributed by atoms with Crippen molar-refractivity contribution in [3.8, 4) is 11.5 Å². The summed E-state index contributed by atoms with van der Waals surface area (Å²) >= 11 is 6.02. The van der Waals surface area contributed by atoms with E-state index in [0.29, 0.717) is 23.7 Å². The van der Waals surface area contributed by atoms with Crippen LogP contribution in [0.25, 0.3) is 6.08 Å². The Balaban J connectivity index is 1.56. The van der Waals surface area contributed by atoms with E-state index >= 15 is 0 Å². The molecule has 0 aliphatic carbocycles. The van der Waals surface area contributed by atoms with Gasteiger partial charge >= 0.3 is 0 Å². The van der Waals surface area contributed by atoms with Crippen LogP contribution in [0.2, 0.25) is 5.02 Å². The van der Waals surface area contributed by atoms with E-state index in [-0.39, 0.29) is 22.1 Å². The van der Waals surface area contributed by atoms with Crippen molar-refractivity contribution in [3.63, 3.8) is 0 Å². The van der Waals surface area contributed by atoms with Crippen molar-refractivity contribution in [1.82, 2.24) is 0 Å². The van der Waals surface area contributed by atoms with Crippen molar-refractivity contribution in [2.24, 2.45) is 0 Å². The van der Waals surface area contributed by atoms with E-state index in [4.69, 9.17) is 21.1 Å². The molecule has 0 spiro atoms. The maximum atomic E-state index is 14.0. The standard InChI is InChI=1S/C22H14ClFO3/c23-18-7-4-8-19(24)17(18)12-21-22(25)16-10-9-15(11-20(16)27-21)26-13-14-5-2-1-3-6-14/h1-12H,13H2/b21-12-. The highest BCUT2D eigenvalue weighted by molar-refractivity contribution is 6.32. The Morgan fingerprint density at radius 2 is 1.85 bits per heavy atom. The molecule has 27 heavy (non-hydrogen) atoms. The second-order valence-electron chi connectivity index (χ2n) is 6.01. The summed E-state index contributed by atoms with van der Waals surface area (Å²) in [5.74, 6) is 0.144. The van der Waals surface area contributed by atoms with Crippen LogP contribution >= 0.6 is 11.6 Å². The van der Waals surface area contributed by atoms with Crippen molar-refractivity contribution in [2.45, 2.75) is 6.61 Å². The van der Waals surface area contributed by atoms with Crippen LogP contribution in [-0.4, -0.2) is 5.78 Å². The van der Waals surface area contributed by atoms with E-state index in [1.165, 1.54) is 18.2 Å². The van der Waals surface area contributed by atoms with Gasteiger partial charge in [0.25, 0.3) is 0 Å². The van der Waals surface area contributed by atoms with E-state index in [9.17, 15) is 9.18 Å². The lowest BCUT2D eigenvalue weighted by Crippen LogP contribution is -1.99. The Kier molecular flexibility index (Phi) is 4.65. The van der Waals surface area contributed by atoms with Crippen molar-refractivity contribution in [3.05, 3.63) is 100 Å². The molecule has 5 heteroatoms. The number of rotatable bonds is 4. The lowest BCUT2D eigenvalue weighted by Gasteiger charge is -2.07. The minimum Gasteiger partial charge on any atom is -0.489 e. The second kappa shape index (κ2) is 7.25. The van der Waals surface area contributed by atoms with Gasteiger partial charge in [0.1, 0.15) is 23.9 Å². The van der Waals surface area contributed by atoms with Gasteiger partial charge in [0, 0.05) is 11.6 Å². The van der Waals surface area contributed by atoms with Crippen LogP contribution in [0.15, 0.2) is 72.5 Å². The van der Waals surface area contributed by atoms with Crippen molar-refractivity contribution >= 4 is 23.5 Å². The quantitative estimate of drug-likeness (QED) is 0.547. The van der Waals surface area contributed by atoms with E-state index in [2.05, 4.69) is 0 Å². The molecule has 134 valence electrons. The first kappa shape index (κ1) is 17.3. The van der Waals surface area contributed by atoms with Crippen LogP contribution in [-0.2, 0) is 6.61 Å². The maximum absolute atomic E-state index is 14.0. The van der Waals surface area contributed by atoms with Crippen molar-refractivity contribution in [2.75, 3.05) is 0 Å². The largest absolute Gasteiger partial charge is 0.489 e. The molecule has 0 saturated heterocycles. The van der Waals surface area contributed by atoms with Crippen LogP contribution < -0.4 is 9.47 Å². The molecule has 0 atom stereocenters. The number of ketones is 1. The SMILES string of the molecule is O=C1/C(=C/c2c(F)cccc2Cl)Oc2cc(OCc3ccccc3)ccc21. The Bertz CT molecular complexity index is 1020. The number of benzene rings is 3. The zero-order chi connectivity index (χ0) is 18.8. The summed E-state index contributed by atoms with van der Waals surface area (Å²) in [4.78, 5) is 12.5. The summed E-state index contributed by atoms with van der Waals surface area (Å²) in [7, 11) is 0. The summed E-state index contributed by atoms with van der Waals surface area (Å²) < 4.78 is 25.4. The molecule has 4 rings (SSSR count). The first-order valence-electron chi connectivity index (χ1n) is 8.31. The van der Waals surface area contributed by atoms with Crippen molar-refractivity contribution in [1.29, 1.82) is 0 Å². The molecule has 1 heterocycles. The molecular weight excluding hydrogens is 367 g/mol. The normalized spacial score (nSPS) is 14.1. The number of hydrogen-bond acceptors (Lipinski definition) is 3. The van der Waals surface area contributed by atoms with Gasteiger partial charge in [-0.05, 0) is 35.9 Å². The number of allylic oxidation sites excluding steroid dienone is 1. The van der Waals surface area contributed by atoms with Crippen LogP contribution in [0.5, 0.6) is 11.5 Å². The molecule has 0 amide bonds. The number of carbonyl (C=O) groups is 1. The third-order valence-corrected chi connectivity index (χ3v) is 4.49. The van der Waals surface area contributed by atoms with E-state index in [1.54, 1.807) is 24.3 Å². The fourth-order valence-electron chi connectivity index (χ4n) is 2.78. The highest BCUT2D eigenvalue weighted by atomic mass is 35.5. The zero-order valence-electron chi connectivity index (χ0n) is 14.1. The van der Waals surface area contributed by atoms with Gasteiger partial charge in [0.15, 0.2) is 5.76 Å². The Hall–Kier alpha value is -3.11. The minimum absolute atomic E-state index is 0.0252. The number of Topliss-reactive ketones (excluding diaryl/α,β-unsaturated/α-hetero) is 1. The topological polar surface area (TPSA) is 35.5 Å². The Morgan fingerprint density at radius 3 is 2.63 bits per heavy atom. The van der Waals surface area contributed by atoms with Gasteiger partial charge in [0.2, 0.25) is 5.78 Å². The predicted octanol–water partition coefficient (Wildman–Crippen LogP) is 5.67. The van der Waals surface area contributed by atoms with Gasteiger partial charge in [0.05, 0.1) is 10.6 Å². The van der Waals surface area contributed by atoms with Crippen molar-refractivity contribution < 1.29 is 18.7 Å². The summed E-state index contributed by atoms with van der Waals surface area (Å²) in [6.07, 6.45) is 1.32. The average molecular weight is 381 g/mol. The average Bonchev–Trinajstić information content (AvgIpc) is 2.99. The number of carbonyl (C=O) groups excluding carboxylic acids is 1. The molecule has 3 nitrogen and oxygen atoms in total. The summed E-state index contributed by atoms with van der Waals surface area (Å²) in [5, 5.41) is 0.210. The van der Waals surface area contributed by atoms with E-state index < -0.39 is 5.82 Å². The molecular formula is C22H14ClFO3. The van der Waals surface area contributed by atoms with Crippen LogP contribution in [0.4, 0.5) is 4.39 Å². The van der Waals surface area contributed by atoms with Crippen LogP contribution in [0, 0.1) is 5.82 Å². The monoisotopic (exact) mass is 380 g/mol.